The van der Waals surface area contributed by atoms with E-state index in [1.54, 1.807) is 0 Å². The fraction of sp³-hybridized carbons (Fsp3) is 0.464. The molecule has 5 rings (SSSR count). The van der Waals surface area contributed by atoms with Gasteiger partial charge in [0.25, 0.3) is 0 Å². The van der Waals surface area contributed by atoms with Gasteiger partial charge in [0.2, 0.25) is 6.29 Å². The van der Waals surface area contributed by atoms with Crippen molar-refractivity contribution in [1.82, 2.24) is 0 Å². The zero-order chi connectivity index (χ0) is 31.2. The van der Waals surface area contributed by atoms with Crippen molar-refractivity contribution in [2.24, 2.45) is 0 Å². The topological polar surface area (TPSA) is 249 Å². The van der Waals surface area contributed by atoms with Crippen molar-refractivity contribution in [2.45, 2.75) is 61.2 Å². The highest BCUT2D eigenvalue weighted by atomic mass is 16.7. The van der Waals surface area contributed by atoms with Gasteiger partial charge in [0.1, 0.15) is 88.9 Å². The van der Waals surface area contributed by atoms with E-state index >= 15 is 0 Å². The third-order valence-electron chi connectivity index (χ3n) is 7.63. The molecule has 3 heterocycles. The van der Waals surface area contributed by atoms with Gasteiger partial charge in [-0.05, 0) is 24.3 Å². The van der Waals surface area contributed by atoms with Crippen LogP contribution in [0.5, 0.6) is 17.2 Å². The molecule has 234 valence electrons. The largest absolute Gasteiger partial charge is 0.506 e. The molecule has 0 spiro atoms. The number of methoxy groups -OCH3 is 1. The first-order valence-corrected chi connectivity index (χ1v) is 13.3. The highest BCUT2D eigenvalue weighted by molar-refractivity contribution is 5.88. The smallest absolute Gasteiger partial charge is 0.229 e. The minimum atomic E-state index is -1.75. The molecule has 0 radical (unpaired) electrons. The van der Waals surface area contributed by atoms with E-state index in [0.29, 0.717) is 5.56 Å². The number of phenolic OH excluding ortho intramolecular Hbond substituents is 1. The third-order valence-corrected chi connectivity index (χ3v) is 7.63. The highest BCUT2D eigenvalue weighted by Crippen LogP contribution is 2.45. The first kappa shape index (κ1) is 31.1. The molecule has 15 nitrogen and oxygen atoms in total. The fourth-order valence-electron chi connectivity index (χ4n) is 5.22. The Morgan fingerprint density at radius 1 is 0.791 bits per heavy atom. The maximum absolute atomic E-state index is 13.2. The maximum Gasteiger partial charge on any atom is 0.229 e. The molecule has 2 saturated heterocycles. The second-order valence-corrected chi connectivity index (χ2v) is 10.3. The highest BCUT2D eigenvalue weighted by Gasteiger charge is 2.47. The fourth-order valence-corrected chi connectivity index (χ4v) is 5.22. The number of aliphatic hydroxyl groups excluding tert-OH is 8. The molecule has 0 saturated carbocycles. The minimum Gasteiger partial charge on any atom is -0.506 e. The van der Waals surface area contributed by atoms with Crippen LogP contribution in [0.1, 0.15) is 11.7 Å². The van der Waals surface area contributed by atoms with Crippen molar-refractivity contribution in [3.63, 3.8) is 0 Å². The Kier molecular flexibility index (Phi) is 8.92. The number of fused-ring (bicyclic) bond motifs is 1. The van der Waals surface area contributed by atoms with E-state index in [9.17, 15) is 50.8 Å². The summed E-state index contributed by atoms with van der Waals surface area (Å²) in [6.07, 6.45) is -15.2. The lowest BCUT2D eigenvalue weighted by Crippen LogP contribution is -2.60. The maximum atomic E-state index is 13.2. The first-order valence-electron chi connectivity index (χ1n) is 13.3. The van der Waals surface area contributed by atoms with E-state index in [2.05, 4.69) is 0 Å². The van der Waals surface area contributed by atoms with E-state index in [0.717, 1.165) is 6.07 Å². The van der Waals surface area contributed by atoms with Crippen LogP contribution in [0.4, 0.5) is 0 Å². The molecule has 15 heteroatoms. The Balaban J connectivity index is 1.45. The van der Waals surface area contributed by atoms with Gasteiger partial charge in [-0.25, -0.2) is 0 Å². The molecule has 10 atom stereocenters. The number of benzene rings is 2. The van der Waals surface area contributed by atoms with Crippen molar-refractivity contribution in [2.75, 3.05) is 20.3 Å². The predicted molar refractivity (Wildman–Crippen MR) is 143 cm³/mol. The summed E-state index contributed by atoms with van der Waals surface area (Å²) in [5, 5.41) is 90.8. The average molecular weight is 609 g/mol. The van der Waals surface area contributed by atoms with Gasteiger partial charge in [-0.2, -0.15) is 0 Å². The predicted octanol–water partition coefficient (Wildman–Crippen LogP) is -2.13. The third kappa shape index (κ3) is 5.56. The molecule has 5 unspecified atom stereocenters. The van der Waals surface area contributed by atoms with E-state index in [4.69, 9.17) is 23.4 Å². The number of rotatable bonds is 7. The summed E-state index contributed by atoms with van der Waals surface area (Å²) >= 11 is 0. The number of ether oxygens (including phenoxy) is 4. The van der Waals surface area contributed by atoms with E-state index < -0.39 is 85.6 Å². The minimum absolute atomic E-state index is 0.0714. The Bertz CT molecular complexity index is 1490. The number of hydrogen-bond donors (Lipinski definition) is 9. The second kappa shape index (κ2) is 12.3. The molecule has 2 aromatic carbocycles. The van der Waals surface area contributed by atoms with Crippen LogP contribution in [0.25, 0.3) is 22.3 Å². The average Bonchev–Trinajstić information content (AvgIpc) is 3.00. The van der Waals surface area contributed by atoms with Crippen LogP contribution >= 0.6 is 0 Å². The molecular weight excluding hydrogens is 576 g/mol. The second-order valence-electron chi connectivity index (χ2n) is 10.3. The number of phenols is 1. The van der Waals surface area contributed by atoms with Crippen molar-refractivity contribution >= 4 is 11.0 Å². The van der Waals surface area contributed by atoms with Crippen LogP contribution in [0, 0.1) is 0 Å². The summed E-state index contributed by atoms with van der Waals surface area (Å²) in [7, 11) is 1.25. The lowest BCUT2D eigenvalue weighted by Gasteiger charge is -2.40. The molecule has 0 amide bonds. The van der Waals surface area contributed by atoms with Crippen molar-refractivity contribution < 1.29 is 69.3 Å². The Morgan fingerprint density at radius 3 is 2.00 bits per heavy atom. The Labute approximate surface area is 242 Å². The van der Waals surface area contributed by atoms with Gasteiger partial charge >= 0.3 is 0 Å². The first-order chi connectivity index (χ1) is 20.5. The lowest BCUT2D eigenvalue weighted by atomic mass is 9.89. The van der Waals surface area contributed by atoms with Gasteiger partial charge in [0.05, 0.1) is 25.9 Å². The van der Waals surface area contributed by atoms with Crippen LogP contribution in [0.3, 0.4) is 0 Å². The van der Waals surface area contributed by atoms with E-state index in [-0.39, 0.29) is 33.8 Å². The molecule has 1 aromatic heterocycles. The van der Waals surface area contributed by atoms with Gasteiger partial charge in [-0.15, -0.1) is 0 Å². The van der Waals surface area contributed by atoms with Gasteiger partial charge < -0.3 is 69.3 Å². The van der Waals surface area contributed by atoms with Gasteiger partial charge in [0.15, 0.2) is 5.43 Å². The van der Waals surface area contributed by atoms with Gasteiger partial charge in [-0.1, -0.05) is 0 Å². The number of hydrogen-bond acceptors (Lipinski definition) is 15. The lowest BCUT2D eigenvalue weighted by molar-refractivity contribution is -0.277. The van der Waals surface area contributed by atoms with Crippen molar-refractivity contribution in [3.05, 3.63) is 52.2 Å². The van der Waals surface area contributed by atoms with Crippen molar-refractivity contribution in [3.8, 4) is 28.6 Å². The quantitative estimate of drug-likeness (QED) is 0.139. The zero-order valence-corrected chi connectivity index (χ0v) is 22.6. The monoisotopic (exact) mass is 608 g/mol. The zero-order valence-electron chi connectivity index (χ0n) is 22.6. The van der Waals surface area contributed by atoms with Crippen LogP contribution in [-0.2, 0) is 9.47 Å². The Morgan fingerprint density at radius 2 is 1.40 bits per heavy atom. The SMILES string of the molecule is COc1cc2oc(-c3ccc(O[C@@H]4OC(CO)[C@@H](O)C(O)C4O)cc3)cc(=O)c2c(O)c1[C@@H]1OC(CO)[C@@H](O)[C@H](O)C1O. The standard InChI is InChI=1S/C28H32O15/c1-39-14-7-15-18(22(34)19(14)27-25(37)23(35)20(32)16(8-29)42-27)12(31)6-13(41-15)10-2-4-11(5-3-10)40-28-26(38)24(36)21(33)17(9-30)43-28/h2-7,16-17,20-21,23-30,32-38H,8-9H2,1H3/t16?,17?,20-,21-,23+,24?,25?,26?,27+,28-/m1/s1. The van der Waals surface area contributed by atoms with Gasteiger partial charge in [-0.3, -0.25) is 4.79 Å². The summed E-state index contributed by atoms with van der Waals surface area (Å²) in [5.74, 6) is -0.459. The Hall–Kier alpha value is -3.35. The van der Waals surface area contributed by atoms with E-state index in [1.165, 1.54) is 37.4 Å². The van der Waals surface area contributed by atoms with Crippen LogP contribution in [-0.4, -0.2) is 121 Å². The number of aliphatic hydroxyl groups is 8. The summed E-state index contributed by atoms with van der Waals surface area (Å²) in [4.78, 5) is 13.2. The molecule has 2 aliphatic rings. The van der Waals surface area contributed by atoms with Crippen molar-refractivity contribution in [1.29, 1.82) is 0 Å². The van der Waals surface area contributed by atoms with Gasteiger partial charge in [0, 0.05) is 17.7 Å². The molecule has 0 aliphatic carbocycles. The molecule has 43 heavy (non-hydrogen) atoms. The molecule has 0 bridgehead atoms. The summed E-state index contributed by atoms with van der Waals surface area (Å²) in [6.45, 7) is -1.31. The molecule has 9 N–H and O–H groups in total. The van der Waals surface area contributed by atoms with Crippen LogP contribution < -0.4 is 14.9 Å². The van der Waals surface area contributed by atoms with Crippen LogP contribution in [0.15, 0.2) is 45.6 Å². The summed E-state index contributed by atoms with van der Waals surface area (Å²) in [5.41, 5.74) is -0.561. The summed E-state index contributed by atoms with van der Waals surface area (Å²) < 4.78 is 27.7. The number of aromatic hydroxyl groups is 1. The summed E-state index contributed by atoms with van der Waals surface area (Å²) in [6, 6.07) is 8.35. The molecule has 3 aromatic rings. The molecular formula is C28H32O15. The van der Waals surface area contributed by atoms with E-state index in [1.807, 2.05) is 0 Å². The molecule has 2 aliphatic heterocycles. The van der Waals surface area contributed by atoms with Crippen LogP contribution in [0.2, 0.25) is 0 Å². The normalized spacial score (nSPS) is 33.0. The molecule has 2 fully saturated rings.